The lowest BCUT2D eigenvalue weighted by molar-refractivity contribution is -0.137. The van der Waals surface area contributed by atoms with E-state index in [2.05, 4.69) is 5.32 Å². The van der Waals surface area contributed by atoms with Gasteiger partial charge in [-0.25, -0.2) is 4.79 Å². The average molecular weight is 458 g/mol. The molecule has 2 aromatic rings. The summed E-state index contributed by atoms with van der Waals surface area (Å²) in [6.07, 6.45) is 2.24. The number of piperidine rings is 1. The molecule has 1 N–H and O–H groups in total. The van der Waals surface area contributed by atoms with Crippen molar-refractivity contribution in [3.05, 3.63) is 58.6 Å². The lowest BCUT2D eigenvalue weighted by Crippen LogP contribution is -2.69. The number of hydrogen-bond acceptors (Lipinski definition) is 5. The maximum atomic E-state index is 13.5. The highest BCUT2D eigenvalue weighted by Gasteiger charge is 2.46. The summed E-state index contributed by atoms with van der Waals surface area (Å²) in [6, 6.07) is 12.3. The van der Waals surface area contributed by atoms with Gasteiger partial charge in [0.2, 0.25) is 5.91 Å². The van der Waals surface area contributed by atoms with Gasteiger partial charge in [0, 0.05) is 18.1 Å². The molecule has 0 aliphatic carbocycles. The molecule has 2 saturated heterocycles. The predicted octanol–water partition coefficient (Wildman–Crippen LogP) is 3.48. The number of amides is 3. The lowest BCUT2D eigenvalue weighted by atomic mass is 9.93. The molecule has 8 heteroatoms. The number of nitrogens with one attached hydrogen (secondary N) is 1. The van der Waals surface area contributed by atoms with Crippen molar-refractivity contribution in [2.45, 2.75) is 37.9 Å². The van der Waals surface area contributed by atoms with Gasteiger partial charge >= 0.3 is 6.03 Å². The standard InChI is InChI=1S/C24H28ClN3O4/c1-31-20-10-9-16(14-21(20)32-2)11-13-27-23(29)22-19(8-5-12-26-22)28(24(27)30)15-17-6-3-4-7-18(17)25/h3-4,6-7,9-10,14,19,22,26H,5,8,11-13,15H2,1-2H3. The Morgan fingerprint density at radius 1 is 1.09 bits per heavy atom. The molecule has 32 heavy (non-hydrogen) atoms. The van der Waals surface area contributed by atoms with Crippen LogP contribution in [0.15, 0.2) is 42.5 Å². The van der Waals surface area contributed by atoms with Crippen LogP contribution in [-0.2, 0) is 17.8 Å². The molecule has 2 fully saturated rings. The molecule has 0 spiro atoms. The Balaban J connectivity index is 1.55. The Kier molecular flexibility index (Phi) is 6.86. The van der Waals surface area contributed by atoms with Crippen molar-refractivity contribution in [2.24, 2.45) is 0 Å². The van der Waals surface area contributed by atoms with Gasteiger partial charge in [-0.3, -0.25) is 9.69 Å². The zero-order valence-corrected chi connectivity index (χ0v) is 19.1. The van der Waals surface area contributed by atoms with Gasteiger partial charge in [0.25, 0.3) is 0 Å². The molecule has 3 amide bonds. The molecular weight excluding hydrogens is 430 g/mol. The number of halogens is 1. The van der Waals surface area contributed by atoms with Gasteiger partial charge in [-0.05, 0) is 55.1 Å². The zero-order chi connectivity index (χ0) is 22.7. The number of urea groups is 1. The molecule has 2 aromatic carbocycles. The Hall–Kier alpha value is -2.77. The molecule has 2 aliphatic rings. The smallest absolute Gasteiger partial charge is 0.327 e. The van der Waals surface area contributed by atoms with Crippen LogP contribution >= 0.6 is 11.6 Å². The van der Waals surface area contributed by atoms with Gasteiger partial charge in [-0.1, -0.05) is 35.9 Å². The largest absolute Gasteiger partial charge is 0.493 e. The van der Waals surface area contributed by atoms with Crippen molar-refractivity contribution in [2.75, 3.05) is 27.3 Å². The Morgan fingerprint density at radius 3 is 2.62 bits per heavy atom. The maximum absolute atomic E-state index is 13.5. The second kappa shape index (κ2) is 9.79. The summed E-state index contributed by atoms with van der Waals surface area (Å²) in [6.45, 7) is 1.43. The van der Waals surface area contributed by atoms with E-state index in [1.807, 2.05) is 42.5 Å². The van der Waals surface area contributed by atoms with Gasteiger partial charge in [0.1, 0.15) is 6.04 Å². The molecule has 2 heterocycles. The van der Waals surface area contributed by atoms with E-state index < -0.39 is 6.04 Å². The highest BCUT2D eigenvalue weighted by Crippen LogP contribution is 2.30. The number of hydrogen-bond donors (Lipinski definition) is 1. The van der Waals surface area contributed by atoms with E-state index in [1.54, 1.807) is 19.1 Å². The maximum Gasteiger partial charge on any atom is 0.327 e. The number of methoxy groups -OCH3 is 2. The van der Waals surface area contributed by atoms with E-state index in [4.69, 9.17) is 21.1 Å². The average Bonchev–Trinajstić information content (AvgIpc) is 2.82. The van der Waals surface area contributed by atoms with Crippen LogP contribution in [0.25, 0.3) is 0 Å². The van der Waals surface area contributed by atoms with Crippen molar-refractivity contribution in [1.29, 1.82) is 0 Å². The Morgan fingerprint density at radius 2 is 1.88 bits per heavy atom. The van der Waals surface area contributed by atoms with Crippen LogP contribution in [0.1, 0.15) is 24.0 Å². The molecule has 2 unspecified atom stereocenters. The summed E-state index contributed by atoms with van der Waals surface area (Å²) in [5.41, 5.74) is 1.83. The number of nitrogens with zero attached hydrogens (tertiary/aromatic N) is 2. The minimum atomic E-state index is -0.394. The summed E-state index contributed by atoms with van der Waals surface area (Å²) >= 11 is 6.37. The molecule has 0 bridgehead atoms. The molecule has 0 radical (unpaired) electrons. The summed E-state index contributed by atoms with van der Waals surface area (Å²) in [5, 5.41) is 3.95. The van der Waals surface area contributed by atoms with Crippen LogP contribution < -0.4 is 14.8 Å². The van der Waals surface area contributed by atoms with Crippen LogP contribution in [-0.4, -0.2) is 61.1 Å². The molecule has 170 valence electrons. The normalized spacial score (nSPS) is 20.8. The second-order valence-electron chi connectivity index (χ2n) is 8.07. The van der Waals surface area contributed by atoms with Crippen LogP contribution in [0.5, 0.6) is 11.5 Å². The molecule has 2 atom stereocenters. The second-order valence-corrected chi connectivity index (χ2v) is 8.48. The first-order valence-electron chi connectivity index (χ1n) is 10.8. The van der Waals surface area contributed by atoms with Gasteiger partial charge in [0.05, 0.1) is 20.3 Å². The molecule has 0 aromatic heterocycles. The number of rotatable bonds is 7. The van der Waals surface area contributed by atoms with E-state index in [9.17, 15) is 9.59 Å². The van der Waals surface area contributed by atoms with Gasteiger partial charge in [-0.2, -0.15) is 0 Å². The minimum absolute atomic E-state index is 0.157. The Labute approximate surface area is 193 Å². The minimum Gasteiger partial charge on any atom is -0.493 e. The fraction of sp³-hybridized carbons (Fsp3) is 0.417. The number of ether oxygens (including phenoxy) is 2. The summed E-state index contributed by atoms with van der Waals surface area (Å²) in [4.78, 5) is 29.9. The van der Waals surface area contributed by atoms with E-state index >= 15 is 0 Å². The number of carbonyl (C=O) groups excluding carboxylic acids is 2. The van der Waals surface area contributed by atoms with Crippen molar-refractivity contribution in [3.8, 4) is 11.5 Å². The third-order valence-corrected chi connectivity index (χ3v) is 6.57. The summed E-state index contributed by atoms with van der Waals surface area (Å²) in [7, 11) is 3.17. The summed E-state index contributed by atoms with van der Waals surface area (Å²) < 4.78 is 10.7. The van der Waals surface area contributed by atoms with Crippen LogP contribution in [0.4, 0.5) is 4.79 Å². The van der Waals surface area contributed by atoms with Gasteiger partial charge < -0.3 is 19.7 Å². The van der Waals surface area contributed by atoms with Crippen molar-refractivity contribution in [3.63, 3.8) is 0 Å². The first-order valence-corrected chi connectivity index (χ1v) is 11.2. The van der Waals surface area contributed by atoms with E-state index in [0.717, 1.165) is 30.5 Å². The van der Waals surface area contributed by atoms with Gasteiger partial charge in [-0.15, -0.1) is 0 Å². The highest BCUT2D eigenvalue weighted by molar-refractivity contribution is 6.31. The molecule has 7 nitrogen and oxygen atoms in total. The number of imide groups is 1. The first-order chi connectivity index (χ1) is 15.5. The van der Waals surface area contributed by atoms with Crippen LogP contribution in [0, 0.1) is 0 Å². The van der Waals surface area contributed by atoms with Gasteiger partial charge in [0.15, 0.2) is 11.5 Å². The van der Waals surface area contributed by atoms with E-state index in [1.165, 1.54) is 4.90 Å². The quantitative estimate of drug-likeness (QED) is 0.689. The lowest BCUT2D eigenvalue weighted by Gasteiger charge is -2.47. The fourth-order valence-electron chi connectivity index (χ4n) is 4.50. The third-order valence-electron chi connectivity index (χ3n) is 6.21. The van der Waals surface area contributed by atoms with Crippen molar-refractivity contribution in [1.82, 2.24) is 15.1 Å². The predicted molar refractivity (Wildman–Crippen MR) is 122 cm³/mol. The van der Waals surface area contributed by atoms with Crippen LogP contribution in [0.2, 0.25) is 5.02 Å². The molecular formula is C24H28ClN3O4. The van der Waals surface area contributed by atoms with Crippen molar-refractivity contribution >= 4 is 23.5 Å². The van der Waals surface area contributed by atoms with Crippen LogP contribution in [0.3, 0.4) is 0 Å². The van der Waals surface area contributed by atoms with E-state index in [0.29, 0.717) is 29.5 Å². The highest BCUT2D eigenvalue weighted by atomic mass is 35.5. The first kappa shape index (κ1) is 22.4. The molecule has 4 rings (SSSR count). The SMILES string of the molecule is COc1ccc(CCN2C(=O)C3NCCCC3N(Cc3ccccc3Cl)C2=O)cc1OC. The number of benzene rings is 2. The zero-order valence-electron chi connectivity index (χ0n) is 18.3. The van der Waals surface area contributed by atoms with Crippen molar-refractivity contribution < 1.29 is 19.1 Å². The third kappa shape index (κ3) is 4.40. The molecule has 2 aliphatic heterocycles. The molecule has 0 saturated carbocycles. The monoisotopic (exact) mass is 457 g/mol. The number of carbonyl (C=O) groups is 2. The Bertz CT molecular complexity index is 999. The number of fused-ring (bicyclic) bond motifs is 1. The summed E-state index contributed by atoms with van der Waals surface area (Å²) in [5.74, 6) is 1.10. The topological polar surface area (TPSA) is 71.1 Å². The van der Waals surface area contributed by atoms with E-state index in [-0.39, 0.29) is 24.5 Å². The fourth-order valence-corrected chi connectivity index (χ4v) is 4.69.